The van der Waals surface area contributed by atoms with Gasteiger partial charge in [-0.05, 0) is 35.9 Å². The number of carbonyl (C=O) groups excluding carboxylic acids is 1. The van der Waals surface area contributed by atoms with E-state index in [1.54, 1.807) is 27.8 Å². The predicted octanol–water partition coefficient (Wildman–Crippen LogP) is 4.62. The van der Waals surface area contributed by atoms with Crippen molar-refractivity contribution < 1.29 is 23.1 Å². The van der Waals surface area contributed by atoms with E-state index in [0.29, 0.717) is 34.4 Å². The van der Waals surface area contributed by atoms with Crippen LogP contribution in [0.5, 0.6) is 5.75 Å². The van der Waals surface area contributed by atoms with Crippen LogP contribution in [0.2, 0.25) is 0 Å². The first-order chi connectivity index (χ1) is 16.2. The normalized spacial score (nSPS) is 11.5. The Morgan fingerprint density at radius 3 is 2.56 bits per heavy atom. The summed E-state index contributed by atoms with van der Waals surface area (Å²) >= 11 is 0. The molecule has 0 aliphatic heterocycles. The Labute approximate surface area is 192 Å². The number of halogens is 3. The molecule has 2 heterocycles. The maximum Gasteiger partial charge on any atom is 0.419 e. The van der Waals surface area contributed by atoms with Crippen molar-refractivity contribution in [1.82, 2.24) is 14.5 Å². The molecule has 0 atom stereocenters. The zero-order valence-electron chi connectivity index (χ0n) is 17.8. The van der Waals surface area contributed by atoms with E-state index < -0.39 is 17.5 Å². The van der Waals surface area contributed by atoms with Gasteiger partial charge < -0.3 is 20.3 Å². The highest BCUT2D eigenvalue weighted by atomic mass is 19.4. The number of amides is 1. The lowest BCUT2D eigenvalue weighted by Gasteiger charge is -2.21. The molecule has 2 aromatic heterocycles. The fraction of sp³-hybridized carbons (Fsp3) is 0.125. The van der Waals surface area contributed by atoms with Crippen molar-refractivity contribution in [3.8, 4) is 16.9 Å². The molecule has 0 aliphatic carbocycles. The van der Waals surface area contributed by atoms with Crippen molar-refractivity contribution in [2.75, 3.05) is 17.2 Å². The molecule has 0 saturated heterocycles. The Bertz CT molecular complexity index is 1370. The molecule has 2 aromatic carbocycles. The van der Waals surface area contributed by atoms with Crippen LogP contribution < -0.4 is 10.6 Å². The van der Waals surface area contributed by atoms with E-state index in [-0.39, 0.29) is 18.3 Å². The van der Waals surface area contributed by atoms with Gasteiger partial charge in [-0.25, -0.2) is 9.97 Å². The number of alkyl halides is 3. The van der Waals surface area contributed by atoms with Gasteiger partial charge in [0.25, 0.3) is 0 Å². The van der Waals surface area contributed by atoms with Crippen molar-refractivity contribution >= 4 is 28.4 Å². The first kappa shape index (κ1) is 22.8. The summed E-state index contributed by atoms with van der Waals surface area (Å²) in [5.41, 5.74) is 6.85. The summed E-state index contributed by atoms with van der Waals surface area (Å²) in [4.78, 5) is 22.3. The maximum atomic E-state index is 13.1. The molecule has 0 aliphatic rings. The van der Waals surface area contributed by atoms with Crippen LogP contribution in [0.15, 0.2) is 73.7 Å². The Balaban J connectivity index is 1.74. The van der Waals surface area contributed by atoms with Gasteiger partial charge in [-0.3, -0.25) is 4.79 Å². The van der Waals surface area contributed by atoms with E-state index in [1.807, 2.05) is 18.2 Å². The molecule has 0 radical (unpaired) electrons. The smallest absolute Gasteiger partial charge is 0.419 e. The van der Waals surface area contributed by atoms with E-state index in [0.717, 1.165) is 12.1 Å². The van der Waals surface area contributed by atoms with Gasteiger partial charge in [-0.15, -0.1) is 0 Å². The second-order valence-electron chi connectivity index (χ2n) is 7.45. The van der Waals surface area contributed by atoms with Gasteiger partial charge in [0.2, 0.25) is 5.91 Å². The third-order valence-corrected chi connectivity index (χ3v) is 5.37. The Hall–Kier alpha value is -4.34. The summed E-state index contributed by atoms with van der Waals surface area (Å²) < 4.78 is 41.0. The molecule has 0 bridgehead atoms. The zero-order chi connectivity index (χ0) is 24.5. The molecule has 4 rings (SSSR count). The van der Waals surface area contributed by atoms with Crippen LogP contribution in [0.4, 0.5) is 24.7 Å². The third kappa shape index (κ3) is 4.29. The average Bonchev–Trinajstić information content (AvgIpc) is 3.19. The van der Waals surface area contributed by atoms with Gasteiger partial charge in [0.1, 0.15) is 23.5 Å². The van der Waals surface area contributed by atoms with Crippen LogP contribution >= 0.6 is 0 Å². The molecule has 0 fully saturated rings. The van der Waals surface area contributed by atoms with E-state index in [4.69, 9.17) is 5.73 Å². The number of nitrogens with two attached hydrogens (primary N) is 1. The number of aromatic nitrogens is 3. The van der Waals surface area contributed by atoms with Gasteiger partial charge in [0.15, 0.2) is 0 Å². The number of anilines is 2. The lowest BCUT2D eigenvalue weighted by Crippen LogP contribution is -2.32. The van der Waals surface area contributed by atoms with Crippen LogP contribution in [-0.2, 0) is 17.5 Å². The van der Waals surface area contributed by atoms with E-state index in [9.17, 15) is 23.1 Å². The van der Waals surface area contributed by atoms with Crippen LogP contribution in [0.3, 0.4) is 0 Å². The van der Waals surface area contributed by atoms with Crippen molar-refractivity contribution in [2.24, 2.45) is 0 Å². The van der Waals surface area contributed by atoms with Gasteiger partial charge in [-0.1, -0.05) is 30.8 Å². The second-order valence-corrected chi connectivity index (χ2v) is 7.45. The number of rotatable bonds is 6. The first-order valence-corrected chi connectivity index (χ1v) is 10.2. The van der Waals surface area contributed by atoms with E-state index in [1.165, 1.54) is 18.5 Å². The monoisotopic (exact) mass is 467 g/mol. The second kappa shape index (κ2) is 8.89. The summed E-state index contributed by atoms with van der Waals surface area (Å²) in [5.74, 6) is -1.04. The number of aromatic hydroxyl groups is 1. The molecule has 3 N–H and O–H groups in total. The standard InChI is InChI=1S/C24H20F3N5O2/c1-2-20(34)32(16-6-4-3-5-7-16)11-10-31-13-17(21-22(28)29-14-30-23(21)31)15-8-9-18(19(33)12-15)24(25,26)27/h2-9,12-14,33H,1,10-11H2,(H2,28,29,30). The van der Waals surface area contributed by atoms with Gasteiger partial charge >= 0.3 is 6.18 Å². The number of phenolic OH excluding ortho intramolecular Hbond substituents is 1. The largest absolute Gasteiger partial charge is 0.507 e. The minimum Gasteiger partial charge on any atom is -0.507 e. The SMILES string of the molecule is C=CC(=O)N(CCn1cc(-c2ccc(C(F)(F)F)c(O)c2)c2c(N)ncnc21)c1ccccc1. The molecule has 0 unspecified atom stereocenters. The van der Waals surface area contributed by atoms with Crippen LogP contribution in [0.1, 0.15) is 5.56 Å². The highest BCUT2D eigenvalue weighted by Gasteiger charge is 2.34. The number of hydrogen-bond donors (Lipinski definition) is 2. The summed E-state index contributed by atoms with van der Waals surface area (Å²) in [7, 11) is 0. The molecule has 174 valence electrons. The molecule has 10 heteroatoms. The molecular weight excluding hydrogens is 447 g/mol. The van der Waals surface area contributed by atoms with Crippen LogP contribution in [0.25, 0.3) is 22.2 Å². The lowest BCUT2D eigenvalue weighted by molar-refractivity contribution is -0.138. The van der Waals surface area contributed by atoms with E-state index >= 15 is 0 Å². The third-order valence-electron chi connectivity index (χ3n) is 5.37. The summed E-state index contributed by atoms with van der Waals surface area (Å²) in [5, 5.41) is 10.4. The predicted molar refractivity (Wildman–Crippen MR) is 123 cm³/mol. The highest BCUT2D eigenvalue weighted by molar-refractivity contribution is 6.02. The number of nitrogens with zero attached hydrogens (tertiary/aromatic N) is 4. The van der Waals surface area contributed by atoms with Crippen molar-refractivity contribution in [3.05, 3.63) is 79.3 Å². The topological polar surface area (TPSA) is 97.3 Å². The molecule has 0 saturated carbocycles. The van der Waals surface area contributed by atoms with Gasteiger partial charge in [0, 0.05) is 30.5 Å². The zero-order valence-corrected chi connectivity index (χ0v) is 17.8. The maximum absolute atomic E-state index is 13.1. The minimum atomic E-state index is -4.68. The summed E-state index contributed by atoms with van der Waals surface area (Å²) in [6.45, 7) is 4.12. The number of phenols is 1. The first-order valence-electron chi connectivity index (χ1n) is 10.2. The summed E-state index contributed by atoms with van der Waals surface area (Å²) in [6.07, 6.45) is -0.514. The van der Waals surface area contributed by atoms with Crippen molar-refractivity contribution in [3.63, 3.8) is 0 Å². The number of benzene rings is 2. The highest BCUT2D eigenvalue weighted by Crippen LogP contribution is 2.40. The number of carbonyl (C=O) groups is 1. The van der Waals surface area contributed by atoms with Crippen LogP contribution in [0, 0.1) is 0 Å². The van der Waals surface area contributed by atoms with Gasteiger partial charge in [0.05, 0.1) is 10.9 Å². The number of fused-ring (bicyclic) bond motifs is 1. The fourth-order valence-corrected chi connectivity index (χ4v) is 3.77. The average molecular weight is 467 g/mol. The van der Waals surface area contributed by atoms with Gasteiger partial charge in [-0.2, -0.15) is 13.2 Å². The Morgan fingerprint density at radius 1 is 1.18 bits per heavy atom. The number of hydrogen-bond acceptors (Lipinski definition) is 5. The summed E-state index contributed by atoms with van der Waals surface area (Å²) in [6, 6.07) is 12.2. The molecule has 34 heavy (non-hydrogen) atoms. The van der Waals surface area contributed by atoms with Crippen molar-refractivity contribution in [2.45, 2.75) is 12.7 Å². The molecule has 1 amide bonds. The Morgan fingerprint density at radius 2 is 1.91 bits per heavy atom. The number of nitrogen functional groups attached to an aromatic ring is 1. The van der Waals surface area contributed by atoms with E-state index in [2.05, 4.69) is 16.5 Å². The van der Waals surface area contributed by atoms with Crippen molar-refractivity contribution in [1.29, 1.82) is 0 Å². The minimum absolute atomic E-state index is 0.139. The molecule has 4 aromatic rings. The molecular formula is C24H20F3N5O2. The number of para-hydroxylation sites is 1. The fourth-order valence-electron chi connectivity index (χ4n) is 3.77. The quantitative estimate of drug-likeness (QED) is 0.403. The molecule has 7 nitrogen and oxygen atoms in total. The van der Waals surface area contributed by atoms with Crippen LogP contribution in [-0.4, -0.2) is 32.1 Å². The lowest BCUT2D eigenvalue weighted by atomic mass is 10.0. The molecule has 0 spiro atoms. The Kier molecular flexibility index (Phi) is 5.97.